The van der Waals surface area contributed by atoms with Crippen LogP contribution in [0, 0.1) is 0 Å². The zero-order valence-electron chi connectivity index (χ0n) is 7.46. The maximum atomic E-state index is 9.56. The molecular formula is C10H13O+. The van der Waals surface area contributed by atoms with E-state index in [0.717, 1.165) is 24.8 Å². The summed E-state index contributed by atoms with van der Waals surface area (Å²) >= 11 is 0. The average Bonchev–Trinajstić information content (AvgIpc) is 2.06. The lowest BCUT2D eigenvalue weighted by molar-refractivity contribution is 0.156. The number of benzene rings is 1. The van der Waals surface area contributed by atoms with Crippen molar-refractivity contribution in [1.82, 2.24) is 0 Å². The fourth-order valence-corrected chi connectivity index (χ4v) is 1.73. The summed E-state index contributed by atoms with van der Waals surface area (Å²) in [4.78, 5) is 0. The minimum absolute atomic E-state index is 0. The minimum atomic E-state index is -0.208. The van der Waals surface area contributed by atoms with Gasteiger partial charge in [0.05, 0.1) is 6.10 Å². The van der Waals surface area contributed by atoms with Gasteiger partial charge in [-0.05, 0) is 30.4 Å². The van der Waals surface area contributed by atoms with Gasteiger partial charge in [0.25, 0.3) is 0 Å². The molecule has 0 heterocycles. The molecule has 1 unspecified atom stereocenters. The fourth-order valence-electron chi connectivity index (χ4n) is 1.73. The van der Waals surface area contributed by atoms with Crippen LogP contribution in [-0.2, 0) is 6.42 Å². The lowest BCUT2D eigenvalue weighted by Gasteiger charge is -2.20. The van der Waals surface area contributed by atoms with E-state index < -0.39 is 0 Å². The first-order valence-electron chi connectivity index (χ1n) is 4.14. The van der Waals surface area contributed by atoms with Crippen LogP contribution >= 0.6 is 0 Å². The molecule has 0 saturated carbocycles. The summed E-state index contributed by atoms with van der Waals surface area (Å²) in [5.41, 5.74) is 2.46. The lowest BCUT2D eigenvalue weighted by Crippen LogP contribution is -2.08. The quantitative estimate of drug-likeness (QED) is 0.599. The molecular weight excluding hydrogens is 136 g/mol. The van der Waals surface area contributed by atoms with Crippen LogP contribution in [0.15, 0.2) is 24.3 Å². The van der Waals surface area contributed by atoms with Gasteiger partial charge in [-0.25, -0.2) is 0 Å². The van der Waals surface area contributed by atoms with Gasteiger partial charge in [-0.1, -0.05) is 24.3 Å². The van der Waals surface area contributed by atoms with Crippen molar-refractivity contribution in [3.63, 3.8) is 0 Å². The normalized spacial score (nSPS) is 22.8. The molecule has 1 atom stereocenters. The van der Waals surface area contributed by atoms with Gasteiger partial charge in [0, 0.05) is 0 Å². The van der Waals surface area contributed by atoms with Gasteiger partial charge in [-0.15, -0.1) is 0 Å². The third-order valence-corrected chi connectivity index (χ3v) is 2.34. The molecule has 11 heavy (non-hydrogen) atoms. The number of aryl methyl sites for hydroxylation is 1. The molecule has 1 aromatic carbocycles. The van der Waals surface area contributed by atoms with Gasteiger partial charge < -0.3 is 5.11 Å². The van der Waals surface area contributed by atoms with Crippen molar-refractivity contribution in [3.05, 3.63) is 35.4 Å². The van der Waals surface area contributed by atoms with E-state index in [1.54, 1.807) is 0 Å². The van der Waals surface area contributed by atoms with Crippen LogP contribution in [0.5, 0.6) is 0 Å². The van der Waals surface area contributed by atoms with Crippen LogP contribution in [0.2, 0.25) is 0 Å². The van der Waals surface area contributed by atoms with E-state index in [2.05, 4.69) is 6.07 Å². The Labute approximate surface area is 68.2 Å². The van der Waals surface area contributed by atoms with Crippen molar-refractivity contribution in [1.29, 1.82) is 0 Å². The Balaban J connectivity index is 0.000000720. The first kappa shape index (κ1) is 6.86. The molecule has 0 radical (unpaired) electrons. The predicted molar refractivity (Wildman–Crippen MR) is 45.5 cm³/mol. The number of aliphatic hydroxyl groups excluding tert-OH is 1. The van der Waals surface area contributed by atoms with E-state index in [4.69, 9.17) is 0 Å². The molecule has 0 amide bonds. The Morgan fingerprint density at radius 2 is 2.18 bits per heavy atom. The molecule has 1 aliphatic carbocycles. The molecule has 0 fully saturated rings. The Morgan fingerprint density at radius 1 is 1.36 bits per heavy atom. The molecule has 1 aliphatic rings. The molecule has 0 spiro atoms. The van der Waals surface area contributed by atoms with Crippen LogP contribution in [0.25, 0.3) is 0 Å². The highest BCUT2D eigenvalue weighted by atomic mass is 16.3. The Bertz CT molecular complexity index is 260. The summed E-state index contributed by atoms with van der Waals surface area (Å²) in [7, 11) is 0. The molecule has 1 heteroatoms. The highest BCUT2D eigenvalue weighted by molar-refractivity contribution is 5.30. The summed E-state index contributed by atoms with van der Waals surface area (Å²) in [6.45, 7) is 0. The van der Waals surface area contributed by atoms with Gasteiger partial charge in [0.15, 0.2) is 0 Å². The number of fused-ring (bicyclic) bond motifs is 1. The summed E-state index contributed by atoms with van der Waals surface area (Å²) in [5, 5.41) is 9.56. The third-order valence-electron chi connectivity index (χ3n) is 2.34. The van der Waals surface area contributed by atoms with Crippen molar-refractivity contribution < 1.29 is 6.53 Å². The van der Waals surface area contributed by atoms with Crippen molar-refractivity contribution >= 4 is 0 Å². The molecule has 1 N–H and O–H groups in total. The summed E-state index contributed by atoms with van der Waals surface area (Å²) in [6, 6.07) is 8.17. The number of hydrogen-bond donors (Lipinski definition) is 1. The van der Waals surface area contributed by atoms with Crippen LogP contribution in [0.3, 0.4) is 0 Å². The Kier molecular flexibility index (Phi) is 1.66. The van der Waals surface area contributed by atoms with Gasteiger partial charge in [0.2, 0.25) is 0 Å². The standard InChI is InChI=1S/C10H12O/c11-10-7-3-5-8-4-1-2-6-9(8)10/h1-2,4,6,10-11H,3,5,7H2/p+1. The van der Waals surface area contributed by atoms with Crippen molar-refractivity contribution in [3.8, 4) is 0 Å². The molecule has 1 aromatic rings. The van der Waals surface area contributed by atoms with Crippen molar-refractivity contribution in [2.45, 2.75) is 25.4 Å². The summed E-state index contributed by atoms with van der Waals surface area (Å²) < 4.78 is 0. The maximum Gasteiger partial charge on any atom is 1.00 e. The monoisotopic (exact) mass is 149 g/mol. The number of hydrogen-bond acceptors (Lipinski definition) is 1. The molecule has 0 aliphatic heterocycles. The van der Waals surface area contributed by atoms with E-state index in [1.165, 1.54) is 5.56 Å². The third kappa shape index (κ3) is 1.16. The molecule has 1 nitrogen and oxygen atoms in total. The van der Waals surface area contributed by atoms with Crippen molar-refractivity contribution in [2.75, 3.05) is 0 Å². The smallest absolute Gasteiger partial charge is 0.388 e. The summed E-state index contributed by atoms with van der Waals surface area (Å²) in [5.74, 6) is 0. The SMILES string of the molecule is OC1CCCc2ccccc21.[H+]. The van der Waals surface area contributed by atoms with Crippen LogP contribution < -0.4 is 0 Å². The van der Waals surface area contributed by atoms with E-state index >= 15 is 0 Å². The second-order valence-electron chi connectivity index (χ2n) is 3.11. The first-order valence-corrected chi connectivity index (χ1v) is 4.14. The van der Waals surface area contributed by atoms with Crippen LogP contribution in [-0.4, -0.2) is 5.11 Å². The highest BCUT2D eigenvalue weighted by Crippen LogP contribution is 2.28. The second kappa shape index (κ2) is 2.67. The predicted octanol–water partition coefficient (Wildman–Crippen LogP) is 2.17. The summed E-state index contributed by atoms with van der Waals surface area (Å²) in [6.07, 6.45) is 2.97. The molecule has 0 bridgehead atoms. The number of rotatable bonds is 0. The molecule has 58 valence electrons. The fraction of sp³-hybridized carbons (Fsp3) is 0.400. The van der Waals surface area contributed by atoms with E-state index in [-0.39, 0.29) is 7.53 Å². The molecule has 0 aromatic heterocycles. The Morgan fingerprint density at radius 3 is 3.00 bits per heavy atom. The van der Waals surface area contributed by atoms with Gasteiger partial charge in [-0.3, -0.25) is 0 Å². The van der Waals surface area contributed by atoms with Crippen molar-refractivity contribution in [2.24, 2.45) is 0 Å². The lowest BCUT2D eigenvalue weighted by atomic mass is 9.90. The zero-order chi connectivity index (χ0) is 7.68. The van der Waals surface area contributed by atoms with E-state index in [9.17, 15) is 5.11 Å². The van der Waals surface area contributed by atoms with Gasteiger partial charge in [0.1, 0.15) is 0 Å². The second-order valence-corrected chi connectivity index (χ2v) is 3.11. The first-order chi connectivity index (χ1) is 5.38. The zero-order valence-corrected chi connectivity index (χ0v) is 6.46. The average molecular weight is 149 g/mol. The number of aliphatic hydroxyl groups is 1. The van der Waals surface area contributed by atoms with Crippen LogP contribution in [0.4, 0.5) is 0 Å². The highest BCUT2D eigenvalue weighted by Gasteiger charge is 2.15. The van der Waals surface area contributed by atoms with E-state index in [1.807, 2.05) is 18.2 Å². The molecule has 0 saturated heterocycles. The topological polar surface area (TPSA) is 20.2 Å². The minimum Gasteiger partial charge on any atom is -0.388 e. The molecule has 2 rings (SSSR count). The maximum absolute atomic E-state index is 9.56. The largest absolute Gasteiger partial charge is 1.00 e. The van der Waals surface area contributed by atoms with E-state index in [0.29, 0.717) is 0 Å². The van der Waals surface area contributed by atoms with Gasteiger partial charge >= 0.3 is 1.43 Å². The van der Waals surface area contributed by atoms with Gasteiger partial charge in [-0.2, -0.15) is 0 Å². The van der Waals surface area contributed by atoms with Crippen LogP contribution in [0.1, 0.15) is 31.5 Å². The Hall–Kier alpha value is -0.820.